The van der Waals surface area contributed by atoms with Gasteiger partial charge in [-0.15, -0.1) is 21.5 Å². The molecule has 0 bridgehead atoms. The van der Waals surface area contributed by atoms with E-state index in [0.717, 1.165) is 40.2 Å². The summed E-state index contributed by atoms with van der Waals surface area (Å²) in [7, 11) is 0. The molecule has 2 aromatic heterocycles. The zero-order valence-corrected chi connectivity index (χ0v) is 36.6. The summed E-state index contributed by atoms with van der Waals surface area (Å²) in [6.07, 6.45) is 2.72. The van der Waals surface area contributed by atoms with E-state index < -0.39 is 29.5 Å². The number of aromatic nitrogens is 3. The number of benzene rings is 2. The maximum Gasteiger partial charge on any atom is 0.246 e. The number of para-hydroxylation sites is 1. The summed E-state index contributed by atoms with van der Waals surface area (Å²) in [4.78, 5) is 64.8. The summed E-state index contributed by atoms with van der Waals surface area (Å²) in [5, 5.41) is 35.2. The van der Waals surface area contributed by atoms with Crippen molar-refractivity contribution in [3.05, 3.63) is 71.4 Å². The largest absolute Gasteiger partial charge is 0.507 e. The van der Waals surface area contributed by atoms with Gasteiger partial charge in [-0.3, -0.25) is 19.2 Å². The monoisotopic (exact) mass is 853 g/mol. The van der Waals surface area contributed by atoms with Crippen molar-refractivity contribution in [2.75, 3.05) is 43.4 Å². The van der Waals surface area contributed by atoms with Crippen LogP contribution in [0.25, 0.3) is 21.7 Å². The number of aliphatic hydroxyl groups is 1. The van der Waals surface area contributed by atoms with Crippen molar-refractivity contribution >= 4 is 46.5 Å². The first kappa shape index (κ1) is 44.9. The number of β-amino-alcohol motifs (C(OH)–C–C–N with tert-alkyl or cyclic N) is 1. The first-order valence-electron chi connectivity index (χ1n) is 21.1. The maximum absolute atomic E-state index is 14.1. The zero-order valence-electron chi connectivity index (χ0n) is 35.8. The fraction of sp³-hybridized carbons (Fsp3) is 0.489. The maximum atomic E-state index is 14.1. The number of nitrogens with zero attached hydrogens (tertiary/aromatic N) is 6. The summed E-state index contributed by atoms with van der Waals surface area (Å²) in [5.74, 6) is -0.522. The van der Waals surface area contributed by atoms with Gasteiger partial charge in [0, 0.05) is 57.5 Å². The van der Waals surface area contributed by atoms with E-state index in [2.05, 4.69) is 30.7 Å². The number of amides is 4. The van der Waals surface area contributed by atoms with Crippen molar-refractivity contribution in [3.63, 3.8) is 0 Å². The normalized spacial score (nSPS) is 17.8. The van der Waals surface area contributed by atoms with Gasteiger partial charge in [-0.25, -0.2) is 4.98 Å². The molecule has 4 aromatic rings. The number of thiazole rings is 1. The first-order valence-corrected chi connectivity index (χ1v) is 22.0. The van der Waals surface area contributed by atoms with Crippen LogP contribution in [0.3, 0.4) is 0 Å². The molecule has 2 saturated heterocycles. The summed E-state index contributed by atoms with van der Waals surface area (Å²) < 4.78 is 0. The summed E-state index contributed by atoms with van der Waals surface area (Å²) in [6.45, 7) is 11.7. The molecule has 16 heteroatoms. The number of phenols is 1. The molecule has 0 radical (unpaired) electrons. The number of hydrogen-bond acceptors (Lipinski definition) is 12. The molecule has 4 atom stereocenters. The van der Waals surface area contributed by atoms with Crippen LogP contribution >= 0.6 is 11.3 Å². The molecular weight excluding hydrogens is 795 g/mol. The van der Waals surface area contributed by atoms with Crippen LogP contribution in [0.4, 0.5) is 11.5 Å². The predicted octanol–water partition coefficient (Wildman–Crippen LogP) is 5.22. The van der Waals surface area contributed by atoms with Crippen LogP contribution < -0.4 is 21.3 Å². The Morgan fingerprint density at radius 3 is 2.28 bits per heavy atom. The van der Waals surface area contributed by atoms with E-state index in [0.29, 0.717) is 62.5 Å². The Kier molecular flexibility index (Phi) is 14.6. The molecule has 2 aliphatic heterocycles. The second-order valence-electron chi connectivity index (χ2n) is 17.2. The highest BCUT2D eigenvalue weighted by atomic mass is 32.1. The number of aliphatic hydroxyl groups excluding tert-OH is 1. The van der Waals surface area contributed by atoms with Gasteiger partial charge in [-0.05, 0) is 61.4 Å². The van der Waals surface area contributed by atoms with Gasteiger partial charge in [-0.2, -0.15) is 0 Å². The molecule has 15 nitrogen and oxygen atoms in total. The third kappa shape index (κ3) is 11.2. The van der Waals surface area contributed by atoms with E-state index in [9.17, 15) is 29.4 Å². The fourth-order valence-electron chi connectivity index (χ4n) is 7.99. The summed E-state index contributed by atoms with van der Waals surface area (Å²) in [6, 6.07) is 14.6. The number of aromatic hydroxyl groups is 1. The van der Waals surface area contributed by atoms with Crippen molar-refractivity contribution < 1.29 is 29.4 Å². The van der Waals surface area contributed by atoms with Crippen LogP contribution in [0.1, 0.15) is 89.9 Å². The second kappa shape index (κ2) is 19.8. The number of nitrogens with two attached hydrogens (primary N) is 1. The van der Waals surface area contributed by atoms with E-state index >= 15 is 0 Å². The highest BCUT2D eigenvalue weighted by Crippen LogP contribution is 2.33. The lowest BCUT2D eigenvalue weighted by atomic mass is 9.85. The van der Waals surface area contributed by atoms with Gasteiger partial charge in [0.2, 0.25) is 23.6 Å². The third-order valence-corrected chi connectivity index (χ3v) is 12.5. The van der Waals surface area contributed by atoms with Crippen molar-refractivity contribution in [1.29, 1.82) is 0 Å². The van der Waals surface area contributed by atoms with Crippen molar-refractivity contribution in [3.8, 4) is 27.4 Å². The summed E-state index contributed by atoms with van der Waals surface area (Å²) >= 11 is 1.58. The third-order valence-electron chi connectivity index (χ3n) is 11.6. The molecule has 0 aliphatic carbocycles. The number of carbonyl (C=O) groups is 4. The molecule has 0 unspecified atom stereocenters. The highest BCUT2D eigenvalue weighted by Gasteiger charge is 2.44. The number of nitrogens with one attached hydrogen (secondary N) is 2. The lowest BCUT2D eigenvalue weighted by Crippen LogP contribution is -2.57. The number of aryl methyl sites for hydroxylation is 1. The molecule has 6 rings (SSSR count). The number of nitrogen functional groups attached to an aromatic ring is 1. The Morgan fingerprint density at radius 1 is 0.934 bits per heavy atom. The van der Waals surface area contributed by atoms with E-state index in [1.807, 2.05) is 81.4 Å². The second-order valence-corrected chi connectivity index (χ2v) is 18.0. The molecule has 2 aliphatic rings. The fourth-order valence-corrected chi connectivity index (χ4v) is 8.80. The number of phenolic OH excluding ortho intramolecular Hbond substituents is 1. The van der Waals surface area contributed by atoms with Gasteiger partial charge in [-0.1, -0.05) is 70.0 Å². The SMILES string of the molecule is Cc1ncsc1-c1ccc([C@H](C)NC(=O)[C@@H]2C[C@@H](O)CN2C(=O)[C@@H](NC(=O)CCCCCCC(=O)N2CCN(c3cc(-c4ccccc4O)nnc3N)CC2)C(C)(C)C)cc1. The standard InChI is InChI=1S/C45H59N9O6S/c1-28(30-16-18-31(19-17-30)40-29(2)47-27-61-40)48-43(59)36-24-32(55)26-54(36)44(60)41(45(3,4)5)49-38(57)14-8-6-7-9-15-39(58)53-22-20-52(21-23-53)35-25-34(50-51-42(35)46)33-12-10-11-13-37(33)56/h10-13,16-19,25,27-28,32,36,41,55-56H,6-9,14-15,20-24,26H2,1-5H3,(H2,46,51)(H,48,59)(H,49,57)/t28-,32+,36-,41+/m0/s1. The Morgan fingerprint density at radius 2 is 1.62 bits per heavy atom. The number of unbranched alkanes of at least 4 members (excludes halogenated alkanes) is 3. The Balaban J connectivity index is 0.922. The van der Waals surface area contributed by atoms with E-state index in [-0.39, 0.29) is 48.9 Å². The molecule has 61 heavy (non-hydrogen) atoms. The van der Waals surface area contributed by atoms with E-state index in [1.165, 1.54) is 4.90 Å². The smallest absolute Gasteiger partial charge is 0.246 e. The highest BCUT2D eigenvalue weighted by molar-refractivity contribution is 7.13. The number of piperazine rings is 1. The predicted molar refractivity (Wildman–Crippen MR) is 236 cm³/mol. The van der Waals surface area contributed by atoms with Crippen LogP contribution in [0.15, 0.2) is 60.1 Å². The van der Waals surface area contributed by atoms with E-state index in [1.54, 1.807) is 29.5 Å². The quantitative estimate of drug-likeness (QED) is 0.0980. The van der Waals surface area contributed by atoms with Crippen LogP contribution in [0, 0.1) is 12.3 Å². The van der Waals surface area contributed by atoms with Gasteiger partial charge >= 0.3 is 0 Å². The number of anilines is 2. The van der Waals surface area contributed by atoms with Crippen molar-refractivity contribution in [1.82, 2.24) is 35.6 Å². The lowest BCUT2D eigenvalue weighted by molar-refractivity contribution is -0.144. The minimum absolute atomic E-state index is 0.00359. The lowest BCUT2D eigenvalue weighted by Gasteiger charge is -2.36. The molecule has 6 N–H and O–H groups in total. The topological polar surface area (TPSA) is 207 Å². The average Bonchev–Trinajstić information content (AvgIpc) is 3.86. The van der Waals surface area contributed by atoms with E-state index in [4.69, 9.17) is 5.73 Å². The number of rotatable bonds is 15. The zero-order chi connectivity index (χ0) is 43.8. The Hall–Kier alpha value is -5.61. The van der Waals surface area contributed by atoms with Crippen LogP contribution in [-0.2, 0) is 19.2 Å². The molecule has 4 amide bonds. The van der Waals surface area contributed by atoms with Crippen LogP contribution in [-0.4, -0.2) is 110 Å². The average molecular weight is 854 g/mol. The molecule has 4 heterocycles. The molecule has 0 spiro atoms. The molecular formula is C45H59N9O6S. The van der Waals surface area contributed by atoms with Gasteiger partial charge in [0.1, 0.15) is 17.8 Å². The van der Waals surface area contributed by atoms with Crippen LogP contribution in [0.2, 0.25) is 0 Å². The Labute approximate surface area is 361 Å². The minimum Gasteiger partial charge on any atom is -0.507 e. The number of hydrogen-bond donors (Lipinski definition) is 5. The molecule has 2 aromatic carbocycles. The molecule has 326 valence electrons. The Bertz CT molecular complexity index is 2170. The van der Waals surface area contributed by atoms with Crippen molar-refractivity contribution in [2.45, 2.75) is 104 Å². The number of likely N-dealkylation sites (tertiary alicyclic amines) is 1. The summed E-state index contributed by atoms with van der Waals surface area (Å²) in [5.41, 5.74) is 12.1. The van der Waals surface area contributed by atoms with Gasteiger partial charge in [0.05, 0.1) is 39.6 Å². The van der Waals surface area contributed by atoms with Crippen LogP contribution in [0.5, 0.6) is 5.75 Å². The molecule has 0 saturated carbocycles. The van der Waals surface area contributed by atoms with Gasteiger partial charge in [0.25, 0.3) is 0 Å². The molecule has 2 fully saturated rings. The van der Waals surface area contributed by atoms with Crippen molar-refractivity contribution in [2.24, 2.45) is 5.41 Å². The first-order chi connectivity index (χ1) is 29.1. The number of carbonyl (C=O) groups excluding carboxylic acids is 4. The van der Waals surface area contributed by atoms with Gasteiger partial charge in [0.15, 0.2) is 5.82 Å². The van der Waals surface area contributed by atoms with Gasteiger partial charge < -0.3 is 41.3 Å². The minimum atomic E-state index is -0.899.